The van der Waals surface area contributed by atoms with E-state index in [-0.39, 0.29) is 5.54 Å². The molecule has 0 aliphatic heterocycles. The minimum absolute atomic E-state index is 0.232. The second-order valence-corrected chi connectivity index (χ2v) is 5.08. The molecule has 5 N–H and O–H groups in total. The third-order valence-electron chi connectivity index (χ3n) is 2.71. The van der Waals surface area contributed by atoms with Gasteiger partial charge >= 0.3 is 6.09 Å². The van der Waals surface area contributed by atoms with Gasteiger partial charge in [0.1, 0.15) is 0 Å². The molecule has 100 valence electrons. The number of carbonyl (C=O) groups is 1. The van der Waals surface area contributed by atoms with Gasteiger partial charge in [0.05, 0.1) is 11.4 Å². The van der Waals surface area contributed by atoms with Crippen molar-refractivity contribution in [2.24, 2.45) is 0 Å². The minimum atomic E-state index is -0.999. The van der Waals surface area contributed by atoms with E-state index in [2.05, 4.69) is 10.6 Å². The third-order valence-corrected chi connectivity index (χ3v) is 2.71. The monoisotopic (exact) mass is 251 g/mol. The van der Waals surface area contributed by atoms with Crippen molar-refractivity contribution in [3.63, 3.8) is 0 Å². The highest BCUT2D eigenvalue weighted by molar-refractivity contribution is 5.68. The normalized spacial score (nSPS) is 11.1. The molecule has 0 saturated heterocycles. The maximum atomic E-state index is 10.4. The summed E-state index contributed by atoms with van der Waals surface area (Å²) >= 11 is 0. The zero-order valence-electron chi connectivity index (χ0n) is 11.1. The van der Waals surface area contributed by atoms with Crippen LogP contribution < -0.4 is 16.4 Å². The topological polar surface area (TPSA) is 87.4 Å². The summed E-state index contributed by atoms with van der Waals surface area (Å²) in [4.78, 5) is 10.4. The Hall–Kier alpha value is -1.91. The van der Waals surface area contributed by atoms with Gasteiger partial charge in [-0.2, -0.15) is 0 Å². The van der Waals surface area contributed by atoms with Gasteiger partial charge in [-0.05, 0) is 44.9 Å². The molecular weight excluding hydrogens is 230 g/mol. The average molecular weight is 251 g/mol. The van der Waals surface area contributed by atoms with E-state index in [9.17, 15) is 4.79 Å². The van der Waals surface area contributed by atoms with Gasteiger partial charge in [0.15, 0.2) is 0 Å². The molecule has 1 aromatic carbocycles. The first-order valence-electron chi connectivity index (χ1n) is 5.91. The van der Waals surface area contributed by atoms with Crippen LogP contribution in [-0.2, 0) is 0 Å². The van der Waals surface area contributed by atoms with Crippen LogP contribution in [0, 0.1) is 6.92 Å². The summed E-state index contributed by atoms with van der Waals surface area (Å²) in [5, 5.41) is 14.2. The van der Waals surface area contributed by atoms with Crippen molar-refractivity contribution >= 4 is 17.5 Å². The summed E-state index contributed by atoms with van der Waals surface area (Å²) in [5.74, 6) is 0. The van der Waals surface area contributed by atoms with Crippen LogP contribution in [-0.4, -0.2) is 23.3 Å². The van der Waals surface area contributed by atoms with Gasteiger partial charge in [-0.1, -0.05) is 6.07 Å². The Balaban J connectivity index is 2.63. The van der Waals surface area contributed by atoms with Crippen LogP contribution in [0.4, 0.5) is 16.2 Å². The Morgan fingerprint density at radius 3 is 2.72 bits per heavy atom. The summed E-state index contributed by atoms with van der Waals surface area (Å²) in [6.45, 7) is 6.43. The number of rotatable bonds is 5. The molecule has 1 amide bonds. The van der Waals surface area contributed by atoms with Crippen molar-refractivity contribution in [1.82, 2.24) is 5.32 Å². The van der Waals surface area contributed by atoms with Crippen molar-refractivity contribution in [1.29, 1.82) is 0 Å². The van der Waals surface area contributed by atoms with Gasteiger partial charge in [-0.3, -0.25) is 0 Å². The first-order valence-corrected chi connectivity index (χ1v) is 5.91. The molecule has 18 heavy (non-hydrogen) atoms. The van der Waals surface area contributed by atoms with Gasteiger partial charge < -0.3 is 21.5 Å². The Kier molecular flexibility index (Phi) is 4.42. The van der Waals surface area contributed by atoms with E-state index in [1.807, 2.05) is 39.0 Å². The van der Waals surface area contributed by atoms with E-state index in [0.717, 1.165) is 11.3 Å². The fraction of sp³-hybridized carbons (Fsp3) is 0.462. The van der Waals surface area contributed by atoms with Crippen molar-refractivity contribution in [3.05, 3.63) is 23.8 Å². The largest absolute Gasteiger partial charge is 0.465 e. The molecule has 0 spiro atoms. The molecule has 0 aliphatic rings. The summed E-state index contributed by atoms with van der Waals surface area (Å²) in [6, 6.07) is 5.81. The molecule has 1 aromatic rings. The number of nitrogens with one attached hydrogen (secondary N) is 2. The third kappa shape index (κ3) is 4.53. The Bertz CT molecular complexity index is 430. The highest BCUT2D eigenvalue weighted by atomic mass is 16.4. The predicted octanol–water partition coefficient (Wildman–Crippen LogP) is 2.43. The zero-order valence-corrected chi connectivity index (χ0v) is 11.1. The fourth-order valence-corrected chi connectivity index (χ4v) is 1.69. The van der Waals surface area contributed by atoms with E-state index in [1.165, 1.54) is 0 Å². The molecule has 0 radical (unpaired) electrons. The van der Waals surface area contributed by atoms with E-state index < -0.39 is 6.09 Å². The Labute approximate surface area is 107 Å². The number of anilines is 2. The quantitative estimate of drug-likeness (QED) is 0.605. The van der Waals surface area contributed by atoms with Gasteiger partial charge in [-0.25, -0.2) is 4.79 Å². The SMILES string of the molecule is Cc1ccc(N)c(NC(C)(C)CCNC(=O)O)c1. The number of hydrogen-bond donors (Lipinski definition) is 4. The second-order valence-electron chi connectivity index (χ2n) is 5.08. The first-order chi connectivity index (χ1) is 8.30. The lowest BCUT2D eigenvalue weighted by atomic mass is 9.99. The van der Waals surface area contributed by atoms with Gasteiger partial charge in [0.2, 0.25) is 0 Å². The molecule has 5 nitrogen and oxygen atoms in total. The van der Waals surface area contributed by atoms with Gasteiger partial charge in [-0.15, -0.1) is 0 Å². The van der Waals surface area contributed by atoms with Crippen LogP contribution >= 0.6 is 0 Å². The van der Waals surface area contributed by atoms with Crippen molar-refractivity contribution in [2.75, 3.05) is 17.6 Å². The van der Waals surface area contributed by atoms with Gasteiger partial charge in [0.25, 0.3) is 0 Å². The van der Waals surface area contributed by atoms with Crippen molar-refractivity contribution < 1.29 is 9.90 Å². The molecule has 0 fully saturated rings. The van der Waals surface area contributed by atoms with E-state index in [4.69, 9.17) is 10.8 Å². The molecular formula is C13H21N3O2. The molecule has 0 aliphatic carbocycles. The smallest absolute Gasteiger partial charge is 0.404 e. The first kappa shape index (κ1) is 14.2. The standard InChI is InChI=1S/C13H21N3O2/c1-9-4-5-10(14)11(8-9)16-13(2,3)6-7-15-12(17)18/h4-5,8,15-16H,6-7,14H2,1-3H3,(H,17,18). The maximum absolute atomic E-state index is 10.4. The number of aryl methyl sites for hydroxylation is 1. The Morgan fingerprint density at radius 1 is 1.44 bits per heavy atom. The van der Waals surface area contributed by atoms with E-state index >= 15 is 0 Å². The molecule has 0 heterocycles. The number of carboxylic acid groups (broad SMARTS) is 1. The predicted molar refractivity (Wildman–Crippen MR) is 73.9 cm³/mol. The molecule has 0 unspecified atom stereocenters. The van der Waals surface area contributed by atoms with Crippen LogP contribution in [0.15, 0.2) is 18.2 Å². The number of nitrogen functional groups attached to an aromatic ring is 1. The minimum Gasteiger partial charge on any atom is -0.465 e. The van der Waals surface area contributed by atoms with Crippen molar-refractivity contribution in [2.45, 2.75) is 32.7 Å². The zero-order chi connectivity index (χ0) is 13.8. The number of amides is 1. The molecule has 0 bridgehead atoms. The molecule has 1 rings (SSSR count). The fourth-order valence-electron chi connectivity index (χ4n) is 1.69. The number of hydrogen-bond acceptors (Lipinski definition) is 3. The molecule has 0 aromatic heterocycles. The van der Waals surface area contributed by atoms with Gasteiger partial charge in [0, 0.05) is 12.1 Å². The van der Waals surface area contributed by atoms with Crippen LogP contribution in [0.2, 0.25) is 0 Å². The maximum Gasteiger partial charge on any atom is 0.404 e. The average Bonchev–Trinajstić information content (AvgIpc) is 2.22. The highest BCUT2D eigenvalue weighted by Gasteiger charge is 2.18. The summed E-state index contributed by atoms with van der Waals surface area (Å²) < 4.78 is 0. The summed E-state index contributed by atoms with van der Waals surface area (Å²) in [7, 11) is 0. The van der Waals surface area contributed by atoms with Crippen LogP contribution in [0.3, 0.4) is 0 Å². The summed E-state index contributed by atoms with van der Waals surface area (Å²) in [6.07, 6.45) is -0.326. The van der Waals surface area contributed by atoms with Crippen LogP contribution in [0.25, 0.3) is 0 Å². The molecule has 0 atom stereocenters. The van der Waals surface area contributed by atoms with Crippen LogP contribution in [0.5, 0.6) is 0 Å². The highest BCUT2D eigenvalue weighted by Crippen LogP contribution is 2.24. The molecule has 0 saturated carbocycles. The van der Waals surface area contributed by atoms with E-state index in [0.29, 0.717) is 18.7 Å². The molecule has 5 heteroatoms. The lowest BCUT2D eigenvalue weighted by Crippen LogP contribution is -2.36. The van der Waals surface area contributed by atoms with Crippen LogP contribution in [0.1, 0.15) is 25.8 Å². The lowest BCUT2D eigenvalue weighted by molar-refractivity contribution is 0.193. The summed E-state index contributed by atoms with van der Waals surface area (Å²) in [5.41, 5.74) is 8.38. The van der Waals surface area contributed by atoms with Crippen molar-refractivity contribution in [3.8, 4) is 0 Å². The Morgan fingerprint density at radius 2 is 2.11 bits per heavy atom. The lowest BCUT2D eigenvalue weighted by Gasteiger charge is -2.28. The number of benzene rings is 1. The number of nitrogens with two attached hydrogens (primary N) is 1. The van der Waals surface area contributed by atoms with E-state index in [1.54, 1.807) is 0 Å². The second kappa shape index (κ2) is 5.62.